The minimum Gasteiger partial charge on any atom is -0.497 e. The van der Waals surface area contributed by atoms with Gasteiger partial charge in [-0.1, -0.05) is 18.2 Å². The molecule has 0 saturated heterocycles. The molecular weight excluding hydrogens is 264 g/mol. The molecule has 0 radical (unpaired) electrons. The van der Waals surface area contributed by atoms with E-state index in [4.69, 9.17) is 21.1 Å². The number of hydrogen-bond acceptors (Lipinski definition) is 3. The van der Waals surface area contributed by atoms with Crippen molar-refractivity contribution in [1.82, 2.24) is 0 Å². The molecule has 3 rings (SSSR count). The molecular formula is C15H11ClO3. The Bertz CT molecular complexity index is 652. The summed E-state index contributed by atoms with van der Waals surface area (Å²) in [7, 11) is 1.58. The molecule has 0 saturated carbocycles. The molecule has 1 aliphatic heterocycles. The van der Waals surface area contributed by atoms with Crippen LogP contribution in [0.15, 0.2) is 42.5 Å². The SMILES string of the molecule is COc1ccc2c(c1)C(C(=O)Cl)c1ccccc1O2. The Morgan fingerprint density at radius 3 is 2.63 bits per heavy atom. The summed E-state index contributed by atoms with van der Waals surface area (Å²) in [5, 5.41) is -0.426. The van der Waals surface area contributed by atoms with Crippen LogP contribution in [0.3, 0.4) is 0 Å². The van der Waals surface area contributed by atoms with Crippen molar-refractivity contribution in [3.8, 4) is 17.2 Å². The van der Waals surface area contributed by atoms with Crippen molar-refractivity contribution < 1.29 is 14.3 Å². The van der Waals surface area contributed by atoms with Crippen molar-refractivity contribution >= 4 is 16.8 Å². The predicted octanol–water partition coefficient (Wildman–Crippen LogP) is 3.70. The smallest absolute Gasteiger partial charge is 0.233 e. The van der Waals surface area contributed by atoms with Gasteiger partial charge in [-0.15, -0.1) is 0 Å². The largest absolute Gasteiger partial charge is 0.497 e. The molecule has 19 heavy (non-hydrogen) atoms. The average Bonchev–Trinajstić information content (AvgIpc) is 2.43. The highest BCUT2D eigenvalue weighted by molar-refractivity contribution is 6.65. The highest BCUT2D eigenvalue weighted by Crippen LogP contribution is 2.45. The van der Waals surface area contributed by atoms with E-state index >= 15 is 0 Å². The van der Waals surface area contributed by atoms with Crippen molar-refractivity contribution in [1.29, 1.82) is 0 Å². The number of carbonyl (C=O) groups is 1. The Kier molecular flexibility index (Phi) is 2.91. The molecule has 0 N–H and O–H groups in total. The number of ether oxygens (including phenoxy) is 2. The van der Waals surface area contributed by atoms with Gasteiger partial charge in [-0.05, 0) is 35.9 Å². The Morgan fingerprint density at radius 1 is 1.16 bits per heavy atom. The summed E-state index contributed by atoms with van der Waals surface area (Å²) in [6, 6.07) is 12.8. The number of methoxy groups -OCH3 is 1. The van der Waals surface area contributed by atoms with Crippen LogP contribution in [-0.4, -0.2) is 12.4 Å². The zero-order valence-corrected chi connectivity index (χ0v) is 11.0. The van der Waals surface area contributed by atoms with Crippen LogP contribution in [0.1, 0.15) is 17.0 Å². The number of carbonyl (C=O) groups excluding carboxylic acids is 1. The van der Waals surface area contributed by atoms with E-state index in [1.54, 1.807) is 25.3 Å². The number of rotatable bonds is 2. The molecule has 0 aliphatic carbocycles. The second kappa shape index (κ2) is 4.59. The van der Waals surface area contributed by atoms with E-state index in [1.165, 1.54) is 0 Å². The minimum absolute atomic E-state index is 0.426. The fourth-order valence-corrected chi connectivity index (χ4v) is 2.55. The summed E-state index contributed by atoms with van der Waals surface area (Å²) in [5.41, 5.74) is 1.52. The van der Waals surface area contributed by atoms with Gasteiger partial charge in [0.1, 0.15) is 17.2 Å². The Hall–Kier alpha value is -2.00. The zero-order chi connectivity index (χ0) is 13.4. The van der Waals surface area contributed by atoms with Crippen molar-refractivity contribution in [2.75, 3.05) is 7.11 Å². The van der Waals surface area contributed by atoms with Gasteiger partial charge in [0.15, 0.2) is 0 Å². The number of para-hydroxylation sites is 1. The van der Waals surface area contributed by atoms with Gasteiger partial charge in [-0.3, -0.25) is 4.79 Å². The molecule has 1 unspecified atom stereocenters. The standard InChI is InChI=1S/C15H11ClO3/c1-18-9-6-7-13-11(8-9)14(15(16)17)10-4-2-3-5-12(10)19-13/h2-8,14H,1H3. The van der Waals surface area contributed by atoms with Crippen LogP contribution >= 0.6 is 11.6 Å². The van der Waals surface area contributed by atoms with Gasteiger partial charge in [0, 0.05) is 11.1 Å². The van der Waals surface area contributed by atoms with Crippen molar-refractivity contribution in [2.24, 2.45) is 0 Å². The van der Waals surface area contributed by atoms with E-state index < -0.39 is 11.2 Å². The van der Waals surface area contributed by atoms with E-state index in [-0.39, 0.29) is 0 Å². The van der Waals surface area contributed by atoms with Gasteiger partial charge < -0.3 is 9.47 Å². The lowest BCUT2D eigenvalue weighted by Gasteiger charge is -2.26. The first-order valence-electron chi connectivity index (χ1n) is 5.85. The summed E-state index contributed by atoms with van der Waals surface area (Å²) in [6.45, 7) is 0. The summed E-state index contributed by atoms with van der Waals surface area (Å²) >= 11 is 5.77. The second-order valence-electron chi connectivity index (χ2n) is 4.28. The second-order valence-corrected chi connectivity index (χ2v) is 4.65. The first-order valence-corrected chi connectivity index (χ1v) is 6.22. The third kappa shape index (κ3) is 1.96. The summed E-state index contributed by atoms with van der Waals surface area (Å²) in [5.74, 6) is 1.46. The maximum absolute atomic E-state index is 11.8. The predicted molar refractivity (Wildman–Crippen MR) is 72.2 cm³/mol. The summed E-state index contributed by atoms with van der Waals surface area (Å²) < 4.78 is 11.0. The molecule has 1 heterocycles. The van der Waals surface area contributed by atoms with Crippen molar-refractivity contribution in [2.45, 2.75) is 5.92 Å². The minimum atomic E-state index is -0.517. The summed E-state index contributed by atoms with van der Waals surface area (Å²) in [4.78, 5) is 11.8. The van der Waals surface area contributed by atoms with E-state index in [1.807, 2.05) is 24.3 Å². The van der Waals surface area contributed by atoms with Gasteiger partial charge in [0.25, 0.3) is 0 Å². The normalized spacial score (nSPS) is 16.0. The number of hydrogen-bond donors (Lipinski definition) is 0. The maximum atomic E-state index is 11.8. The molecule has 2 aromatic carbocycles. The van der Waals surface area contributed by atoms with Crippen LogP contribution in [0.2, 0.25) is 0 Å². The van der Waals surface area contributed by atoms with E-state index in [2.05, 4.69) is 0 Å². The van der Waals surface area contributed by atoms with Gasteiger partial charge >= 0.3 is 0 Å². The number of benzene rings is 2. The quantitative estimate of drug-likeness (QED) is 0.784. The first kappa shape index (κ1) is 12.1. The first-order chi connectivity index (χ1) is 9.20. The van der Waals surface area contributed by atoms with Crippen LogP contribution in [0.4, 0.5) is 0 Å². The van der Waals surface area contributed by atoms with E-state index in [0.717, 1.165) is 11.1 Å². The van der Waals surface area contributed by atoms with Crippen LogP contribution in [0, 0.1) is 0 Å². The van der Waals surface area contributed by atoms with Crippen LogP contribution < -0.4 is 9.47 Å². The van der Waals surface area contributed by atoms with Crippen molar-refractivity contribution in [3.05, 3.63) is 53.6 Å². The lowest BCUT2D eigenvalue weighted by atomic mass is 9.89. The Balaban J connectivity index is 2.21. The number of halogens is 1. The third-order valence-corrected chi connectivity index (χ3v) is 3.42. The van der Waals surface area contributed by atoms with Crippen LogP contribution in [-0.2, 0) is 4.79 Å². The fourth-order valence-electron chi connectivity index (χ4n) is 2.31. The van der Waals surface area contributed by atoms with Crippen molar-refractivity contribution in [3.63, 3.8) is 0 Å². The molecule has 0 amide bonds. The molecule has 0 bridgehead atoms. The molecule has 96 valence electrons. The number of fused-ring (bicyclic) bond motifs is 2. The van der Waals surface area contributed by atoms with Crippen LogP contribution in [0.5, 0.6) is 17.2 Å². The average molecular weight is 275 g/mol. The van der Waals surface area contributed by atoms with Gasteiger partial charge in [-0.25, -0.2) is 0 Å². The molecule has 0 spiro atoms. The zero-order valence-electron chi connectivity index (χ0n) is 10.2. The van der Waals surface area contributed by atoms with Gasteiger partial charge in [-0.2, -0.15) is 0 Å². The lowest BCUT2D eigenvalue weighted by Crippen LogP contribution is -2.15. The molecule has 4 heteroatoms. The van der Waals surface area contributed by atoms with Gasteiger partial charge in [0.05, 0.1) is 13.0 Å². The molecule has 1 atom stereocenters. The molecule has 0 aromatic heterocycles. The molecule has 3 nitrogen and oxygen atoms in total. The van der Waals surface area contributed by atoms with E-state index in [9.17, 15) is 4.79 Å². The maximum Gasteiger partial charge on any atom is 0.233 e. The Labute approximate surface area is 115 Å². The third-order valence-electron chi connectivity index (χ3n) is 3.20. The molecule has 2 aromatic rings. The molecule has 0 fully saturated rings. The summed E-state index contributed by atoms with van der Waals surface area (Å²) in [6.07, 6.45) is 0. The fraction of sp³-hybridized carbons (Fsp3) is 0.133. The Morgan fingerprint density at radius 2 is 1.89 bits per heavy atom. The highest BCUT2D eigenvalue weighted by Gasteiger charge is 2.31. The van der Waals surface area contributed by atoms with E-state index in [0.29, 0.717) is 17.2 Å². The van der Waals surface area contributed by atoms with Crippen LogP contribution in [0.25, 0.3) is 0 Å². The monoisotopic (exact) mass is 274 g/mol. The lowest BCUT2D eigenvalue weighted by molar-refractivity contribution is -0.112. The molecule has 1 aliphatic rings. The van der Waals surface area contributed by atoms with Gasteiger partial charge in [0.2, 0.25) is 5.24 Å². The highest BCUT2D eigenvalue weighted by atomic mass is 35.5. The topological polar surface area (TPSA) is 35.5 Å².